The van der Waals surface area contributed by atoms with Crippen LogP contribution in [0.2, 0.25) is 0 Å². The van der Waals surface area contributed by atoms with Crippen molar-refractivity contribution in [1.29, 1.82) is 0 Å². The quantitative estimate of drug-likeness (QED) is 0.502. The molecule has 0 aromatic carbocycles. The summed E-state index contributed by atoms with van der Waals surface area (Å²) in [4.78, 5) is 21.4. The van der Waals surface area contributed by atoms with E-state index in [4.69, 9.17) is 0 Å². The van der Waals surface area contributed by atoms with Gasteiger partial charge in [-0.1, -0.05) is 0 Å². The fourth-order valence-electron chi connectivity index (χ4n) is 0.764. The van der Waals surface area contributed by atoms with E-state index in [9.17, 15) is 9.59 Å². The first-order valence-electron chi connectivity index (χ1n) is 3.19. The molecule has 1 aliphatic rings. The lowest BCUT2D eigenvalue weighted by molar-refractivity contribution is -0.128. The third-order valence-electron chi connectivity index (χ3n) is 1.23. The lowest BCUT2D eigenvalue weighted by Crippen LogP contribution is -2.47. The SMILES string of the molecule is CC(=O)NC1C[C]=NNC1=O. The van der Waals surface area contributed by atoms with Gasteiger partial charge in [0.05, 0.1) is 6.21 Å². The predicted octanol–water partition coefficient (Wildman–Crippen LogP) is -1.13. The molecule has 1 radical (unpaired) electrons. The monoisotopic (exact) mass is 154 g/mol. The van der Waals surface area contributed by atoms with E-state index >= 15 is 0 Å². The van der Waals surface area contributed by atoms with Crippen molar-refractivity contribution in [2.45, 2.75) is 19.4 Å². The van der Waals surface area contributed by atoms with Gasteiger partial charge in [0.15, 0.2) is 0 Å². The number of nitrogens with one attached hydrogen (secondary N) is 2. The molecule has 1 heterocycles. The molecule has 11 heavy (non-hydrogen) atoms. The van der Waals surface area contributed by atoms with Crippen LogP contribution < -0.4 is 10.7 Å². The zero-order valence-electron chi connectivity index (χ0n) is 6.05. The third-order valence-corrected chi connectivity index (χ3v) is 1.23. The summed E-state index contributed by atoms with van der Waals surface area (Å²) in [5.41, 5.74) is 2.20. The van der Waals surface area contributed by atoms with E-state index in [0.29, 0.717) is 6.42 Å². The second-order valence-electron chi connectivity index (χ2n) is 2.20. The van der Waals surface area contributed by atoms with Crippen LogP contribution in [0.5, 0.6) is 0 Å². The highest BCUT2D eigenvalue weighted by Gasteiger charge is 2.20. The molecule has 2 amide bonds. The molecule has 59 valence electrons. The van der Waals surface area contributed by atoms with E-state index in [0.717, 1.165) is 0 Å². The summed E-state index contributed by atoms with van der Waals surface area (Å²) in [6.07, 6.45) is 2.89. The Labute approximate surface area is 63.8 Å². The number of rotatable bonds is 1. The molecule has 5 heteroatoms. The molecule has 0 bridgehead atoms. The van der Waals surface area contributed by atoms with Crippen LogP contribution in [0.4, 0.5) is 0 Å². The standard InChI is InChI=1S/C6H8N3O2/c1-4(10)8-5-2-3-7-9-6(5)11/h5H,2H2,1H3,(H,8,10)(H,9,11). The van der Waals surface area contributed by atoms with Crippen molar-refractivity contribution >= 4 is 18.0 Å². The number of nitrogens with zero attached hydrogens (tertiary/aromatic N) is 1. The van der Waals surface area contributed by atoms with Crippen molar-refractivity contribution < 1.29 is 9.59 Å². The largest absolute Gasteiger partial charge is 0.344 e. The summed E-state index contributed by atoms with van der Waals surface area (Å²) in [7, 11) is 0. The number of hydrogen-bond donors (Lipinski definition) is 2. The molecule has 0 aromatic rings. The van der Waals surface area contributed by atoms with Gasteiger partial charge in [-0.25, -0.2) is 5.43 Å². The number of carbonyl (C=O) groups is 2. The molecule has 0 saturated carbocycles. The smallest absolute Gasteiger partial charge is 0.263 e. The van der Waals surface area contributed by atoms with Crippen LogP contribution in [-0.2, 0) is 9.59 Å². The van der Waals surface area contributed by atoms with Gasteiger partial charge in [0.25, 0.3) is 5.91 Å². The van der Waals surface area contributed by atoms with Crippen LogP contribution >= 0.6 is 0 Å². The molecule has 0 aliphatic carbocycles. The maximum absolute atomic E-state index is 10.9. The Kier molecular flexibility index (Phi) is 2.20. The average molecular weight is 154 g/mol. The number of carbonyl (C=O) groups excluding carboxylic acids is 2. The van der Waals surface area contributed by atoms with E-state index < -0.39 is 6.04 Å². The van der Waals surface area contributed by atoms with Crippen molar-refractivity contribution in [2.24, 2.45) is 5.10 Å². The van der Waals surface area contributed by atoms with Gasteiger partial charge in [0.2, 0.25) is 5.91 Å². The van der Waals surface area contributed by atoms with Crippen LogP contribution in [0, 0.1) is 0 Å². The first kappa shape index (κ1) is 7.71. The van der Waals surface area contributed by atoms with Crippen LogP contribution in [0.25, 0.3) is 0 Å². The summed E-state index contributed by atoms with van der Waals surface area (Å²) in [6, 6.07) is -0.509. The Balaban J connectivity index is 2.51. The van der Waals surface area contributed by atoms with Crippen LogP contribution in [0.15, 0.2) is 5.10 Å². The Hall–Kier alpha value is -1.39. The molecular formula is C6H8N3O2. The minimum Gasteiger partial charge on any atom is -0.344 e. The van der Waals surface area contributed by atoms with Crippen molar-refractivity contribution in [3.8, 4) is 0 Å². The molecule has 0 fully saturated rings. The van der Waals surface area contributed by atoms with E-state index in [1.54, 1.807) is 0 Å². The second kappa shape index (κ2) is 3.14. The summed E-state index contributed by atoms with van der Waals surface area (Å²) in [5, 5.41) is 5.87. The summed E-state index contributed by atoms with van der Waals surface area (Å²) < 4.78 is 0. The fraction of sp³-hybridized carbons (Fsp3) is 0.500. The normalized spacial score (nSPS) is 22.6. The van der Waals surface area contributed by atoms with Gasteiger partial charge in [-0.15, -0.1) is 0 Å². The van der Waals surface area contributed by atoms with Gasteiger partial charge in [0.1, 0.15) is 6.04 Å². The van der Waals surface area contributed by atoms with Gasteiger partial charge in [0, 0.05) is 13.3 Å². The Morgan fingerprint density at radius 2 is 2.64 bits per heavy atom. The molecule has 0 saturated heterocycles. The van der Waals surface area contributed by atoms with Gasteiger partial charge >= 0.3 is 0 Å². The van der Waals surface area contributed by atoms with Crippen LogP contribution in [0.3, 0.4) is 0 Å². The first-order chi connectivity index (χ1) is 5.20. The molecule has 1 rings (SSSR count). The van der Waals surface area contributed by atoms with Crippen LogP contribution in [0.1, 0.15) is 13.3 Å². The second-order valence-corrected chi connectivity index (χ2v) is 2.20. The molecule has 1 aliphatic heterocycles. The summed E-state index contributed by atoms with van der Waals surface area (Å²) in [5.74, 6) is -0.521. The first-order valence-corrected chi connectivity index (χ1v) is 3.19. The average Bonchev–Trinajstić information content (AvgIpc) is 1.93. The molecular weight excluding hydrogens is 146 g/mol. The number of amides is 2. The Bertz CT molecular complexity index is 212. The lowest BCUT2D eigenvalue weighted by Gasteiger charge is -2.15. The summed E-state index contributed by atoms with van der Waals surface area (Å²) in [6.45, 7) is 1.36. The minimum atomic E-state index is -0.509. The Morgan fingerprint density at radius 3 is 3.18 bits per heavy atom. The lowest BCUT2D eigenvalue weighted by atomic mass is 10.2. The van der Waals surface area contributed by atoms with Gasteiger partial charge in [-0.05, 0) is 0 Å². The van der Waals surface area contributed by atoms with Crippen LogP contribution in [-0.4, -0.2) is 24.1 Å². The number of hydrazone groups is 1. The fourth-order valence-corrected chi connectivity index (χ4v) is 0.764. The maximum atomic E-state index is 10.9. The molecule has 5 nitrogen and oxygen atoms in total. The minimum absolute atomic E-state index is 0.228. The van der Waals surface area contributed by atoms with E-state index in [-0.39, 0.29) is 11.8 Å². The van der Waals surface area contributed by atoms with Gasteiger partial charge < -0.3 is 5.32 Å². The zero-order valence-corrected chi connectivity index (χ0v) is 6.05. The Morgan fingerprint density at radius 1 is 1.91 bits per heavy atom. The molecule has 0 spiro atoms. The molecule has 2 N–H and O–H groups in total. The van der Waals surface area contributed by atoms with Crippen molar-refractivity contribution in [1.82, 2.24) is 10.7 Å². The highest BCUT2D eigenvalue weighted by molar-refractivity contribution is 5.90. The maximum Gasteiger partial charge on any atom is 0.263 e. The van der Waals surface area contributed by atoms with Crippen molar-refractivity contribution in [2.75, 3.05) is 0 Å². The van der Waals surface area contributed by atoms with Crippen molar-refractivity contribution in [3.05, 3.63) is 0 Å². The van der Waals surface area contributed by atoms with Gasteiger partial charge in [-0.2, -0.15) is 5.10 Å². The highest BCUT2D eigenvalue weighted by Crippen LogP contribution is 1.93. The predicted molar refractivity (Wildman–Crippen MR) is 37.8 cm³/mol. The highest BCUT2D eigenvalue weighted by atomic mass is 16.2. The molecule has 1 unspecified atom stereocenters. The van der Waals surface area contributed by atoms with E-state index in [1.807, 2.05) is 0 Å². The molecule has 1 atom stereocenters. The van der Waals surface area contributed by atoms with Crippen molar-refractivity contribution in [3.63, 3.8) is 0 Å². The zero-order chi connectivity index (χ0) is 8.27. The van der Waals surface area contributed by atoms with Gasteiger partial charge in [-0.3, -0.25) is 9.59 Å². The third kappa shape index (κ3) is 2.03. The number of hydrogen-bond acceptors (Lipinski definition) is 3. The van der Waals surface area contributed by atoms with E-state index in [2.05, 4.69) is 22.1 Å². The van der Waals surface area contributed by atoms with E-state index in [1.165, 1.54) is 6.92 Å². The summed E-state index contributed by atoms with van der Waals surface area (Å²) >= 11 is 0. The molecule has 0 aromatic heterocycles. The topological polar surface area (TPSA) is 70.6 Å².